The van der Waals surface area contributed by atoms with Crippen molar-refractivity contribution in [1.82, 2.24) is 20.4 Å². The van der Waals surface area contributed by atoms with Gasteiger partial charge in [0.15, 0.2) is 5.69 Å². The highest BCUT2D eigenvalue weighted by Gasteiger charge is 2.58. The fourth-order valence-corrected chi connectivity index (χ4v) is 5.42. The molecule has 5 rings (SSSR count). The molecule has 0 aromatic carbocycles. The first kappa shape index (κ1) is 15.6. The number of thiophene rings is 1. The molecule has 25 heavy (non-hydrogen) atoms. The largest absolute Gasteiger partial charge is 0.329 e. The van der Waals surface area contributed by atoms with Crippen LogP contribution in [-0.4, -0.2) is 40.1 Å². The monoisotopic (exact) mass is 356 g/mol. The SMILES string of the molecule is O=C(c1n[nH]c2c1CCC2)N(Cc1ccsc1)[C@@H]1CC12CCNCC2. The van der Waals surface area contributed by atoms with E-state index in [2.05, 4.69) is 37.2 Å². The van der Waals surface area contributed by atoms with Crippen LogP contribution in [0.4, 0.5) is 0 Å². The van der Waals surface area contributed by atoms with Gasteiger partial charge in [0, 0.05) is 23.8 Å². The van der Waals surface area contributed by atoms with Gasteiger partial charge in [0.1, 0.15) is 0 Å². The molecule has 1 saturated heterocycles. The Kier molecular flexibility index (Phi) is 3.71. The topological polar surface area (TPSA) is 61.0 Å². The molecule has 2 aromatic heterocycles. The maximum Gasteiger partial charge on any atom is 0.275 e. The molecule has 0 bridgehead atoms. The van der Waals surface area contributed by atoms with E-state index in [4.69, 9.17) is 0 Å². The normalized spacial score (nSPS) is 23.6. The molecule has 2 N–H and O–H groups in total. The Morgan fingerprint density at radius 3 is 3.04 bits per heavy atom. The number of nitrogens with zero attached hydrogens (tertiary/aromatic N) is 2. The van der Waals surface area contributed by atoms with E-state index in [-0.39, 0.29) is 5.91 Å². The number of hydrogen-bond donors (Lipinski definition) is 2. The summed E-state index contributed by atoms with van der Waals surface area (Å²) in [6.07, 6.45) is 6.66. The van der Waals surface area contributed by atoms with Crippen LogP contribution in [0.1, 0.15) is 53.0 Å². The number of aryl methyl sites for hydroxylation is 1. The van der Waals surface area contributed by atoms with Gasteiger partial charge in [-0.05, 0) is 79.4 Å². The molecule has 2 fully saturated rings. The molecule has 2 aliphatic carbocycles. The van der Waals surface area contributed by atoms with Crippen molar-refractivity contribution in [3.05, 3.63) is 39.3 Å². The summed E-state index contributed by atoms with van der Waals surface area (Å²) in [7, 11) is 0. The molecule has 5 nitrogen and oxygen atoms in total. The molecule has 0 radical (unpaired) electrons. The lowest BCUT2D eigenvalue weighted by molar-refractivity contribution is 0.0685. The zero-order valence-electron chi connectivity index (χ0n) is 14.4. The summed E-state index contributed by atoms with van der Waals surface area (Å²) >= 11 is 1.70. The first-order chi connectivity index (χ1) is 12.3. The lowest BCUT2D eigenvalue weighted by Gasteiger charge is -2.29. The van der Waals surface area contributed by atoms with Crippen LogP contribution >= 0.6 is 11.3 Å². The van der Waals surface area contributed by atoms with Crippen molar-refractivity contribution >= 4 is 17.2 Å². The molecule has 1 atom stereocenters. The fourth-order valence-electron chi connectivity index (χ4n) is 4.76. The molecule has 1 spiro atoms. The van der Waals surface area contributed by atoms with Crippen molar-refractivity contribution in [3.63, 3.8) is 0 Å². The molecule has 132 valence electrons. The minimum absolute atomic E-state index is 0.131. The van der Waals surface area contributed by atoms with Gasteiger partial charge in [0.25, 0.3) is 5.91 Å². The number of rotatable bonds is 4. The van der Waals surface area contributed by atoms with Gasteiger partial charge in [0.2, 0.25) is 0 Å². The third-order valence-electron chi connectivity index (χ3n) is 6.32. The summed E-state index contributed by atoms with van der Waals surface area (Å²) < 4.78 is 0. The summed E-state index contributed by atoms with van der Waals surface area (Å²) in [5.74, 6) is 0.131. The number of H-pyrrole nitrogens is 1. The predicted octanol–water partition coefficient (Wildman–Crippen LogP) is 2.74. The van der Waals surface area contributed by atoms with E-state index in [9.17, 15) is 4.79 Å². The van der Waals surface area contributed by atoms with E-state index in [0.717, 1.165) is 38.8 Å². The highest BCUT2D eigenvalue weighted by atomic mass is 32.1. The summed E-state index contributed by atoms with van der Waals surface area (Å²) in [5.41, 5.74) is 4.60. The van der Waals surface area contributed by atoms with Crippen molar-refractivity contribution in [1.29, 1.82) is 0 Å². The average molecular weight is 356 g/mol. The average Bonchev–Trinajstić information content (AvgIpc) is 3.10. The highest BCUT2D eigenvalue weighted by molar-refractivity contribution is 7.07. The van der Waals surface area contributed by atoms with E-state index in [1.807, 2.05) is 0 Å². The lowest BCUT2D eigenvalue weighted by atomic mass is 9.93. The number of carbonyl (C=O) groups is 1. The number of aromatic nitrogens is 2. The number of hydrogen-bond acceptors (Lipinski definition) is 4. The minimum atomic E-state index is 0.131. The van der Waals surface area contributed by atoms with Crippen molar-refractivity contribution in [2.45, 2.75) is 51.1 Å². The zero-order valence-corrected chi connectivity index (χ0v) is 15.2. The molecule has 3 heterocycles. The van der Waals surface area contributed by atoms with E-state index < -0.39 is 0 Å². The second-order valence-corrected chi connectivity index (χ2v) is 8.56. The summed E-state index contributed by atoms with van der Waals surface area (Å²) in [6.45, 7) is 2.87. The van der Waals surface area contributed by atoms with E-state index in [1.54, 1.807) is 11.3 Å². The van der Waals surface area contributed by atoms with Crippen LogP contribution in [-0.2, 0) is 19.4 Å². The van der Waals surface area contributed by atoms with E-state index >= 15 is 0 Å². The second kappa shape index (κ2) is 5.95. The number of aromatic amines is 1. The van der Waals surface area contributed by atoms with Crippen LogP contribution in [0.3, 0.4) is 0 Å². The van der Waals surface area contributed by atoms with Gasteiger partial charge in [-0.1, -0.05) is 0 Å². The van der Waals surface area contributed by atoms with Crippen molar-refractivity contribution < 1.29 is 4.79 Å². The van der Waals surface area contributed by atoms with Gasteiger partial charge in [-0.15, -0.1) is 0 Å². The molecule has 1 saturated carbocycles. The molecular formula is C19H24N4OS. The summed E-state index contributed by atoms with van der Waals surface area (Å²) in [5, 5.41) is 15.2. The Morgan fingerprint density at radius 2 is 2.24 bits per heavy atom. The van der Waals surface area contributed by atoms with Gasteiger partial charge in [-0.2, -0.15) is 16.4 Å². The Balaban J connectivity index is 1.44. The minimum Gasteiger partial charge on any atom is -0.329 e. The Labute approximate surface area is 151 Å². The molecule has 3 aliphatic rings. The molecule has 2 aromatic rings. The smallest absolute Gasteiger partial charge is 0.275 e. The van der Waals surface area contributed by atoms with Crippen LogP contribution in [0, 0.1) is 5.41 Å². The maximum absolute atomic E-state index is 13.4. The number of fused-ring (bicyclic) bond motifs is 1. The van der Waals surface area contributed by atoms with Crippen molar-refractivity contribution in [2.24, 2.45) is 5.41 Å². The fraction of sp³-hybridized carbons (Fsp3) is 0.579. The van der Waals surface area contributed by atoms with E-state index in [0.29, 0.717) is 23.7 Å². The van der Waals surface area contributed by atoms with Crippen molar-refractivity contribution in [3.8, 4) is 0 Å². The molecule has 1 aliphatic heterocycles. The zero-order chi connectivity index (χ0) is 16.9. The summed E-state index contributed by atoms with van der Waals surface area (Å²) in [6, 6.07) is 2.51. The second-order valence-electron chi connectivity index (χ2n) is 7.78. The van der Waals surface area contributed by atoms with Gasteiger partial charge in [-0.25, -0.2) is 0 Å². The van der Waals surface area contributed by atoms with Crippen LogP contribution in [0.5, 0.6) is 0 Å². The van der Waals surface area contributed by atoms with Gasteiger partial charge in [-0.3, -0.25) is 9.89 Å². The third-order valence-corrected chi connectivity index (χ3v) is 7.06. The Hall–Kier alpha value is -1.66. The first-order valence-corrected chi connectivity index (χ1v) is 10.3. The Bertz CT molecular complexity index is 775. The first-order valence-electron chi connectivity index (χ1n) is 9.36. The number of nitrogens with one attached hydrogen (secondary N) is 2. The van der Waals surface area contributed by atoms with Crippen LogP contribution in [0.2, 0.25) is 0 Å². The number of piperidine rings is 1. The molecule has 1 amide bonds. The van der Waals surface area contributed by atoms with Gasteiger partial charge < -0.3 is 10.2 Å². The number of amides is 1. The van der Waals surface area contributed by atoms with Crippen LogP contribution in [0.25, 0.3) is 0 Å². The lowest BCUT2D eigenvalue weighted by Crippen LogP contribution is -2.39. The maximum atomic E-state index is 13.4. The van der Waals surface area contributed by atoms with Gasteiger partial charge in [0.05, 0.1) is 0 Å². The van der Waals surface area contributed by atoms with Crippen LogP contribution < -0.4 is 5.32 Å². The third kappa shape index (κ3) is 2.62. The van der Waals surface area contributed by atoms with Crippen molar-refractivity contribution in [2.75, 3.05) is 13.1 Å². The molecule has 0 unspecified atom stereocenters. The molecular weight excluding hydrogens is 332 g/mol. The van der Waals surface area contributed by atoms with Crippen LogP contribution in [0.15, 0.2) is 16.8 Å². The number of carbonyl (C=O) groups excluding carboxylic acids is 1. The highest BCUT2D eigenvalue weighted by Crippen LogP contribution is 2.56. The quantitative estimate of drug-likeness (QED) is 0.885. The standard InChI is InChI=1S/C19H24N4OS/c24-18(17-14-2-1-3-15(14)21-22-17)23(11-13-4-9-25-12-13)16-10-19(16)5-7-20-8-6-19/h4,9,12,16,20H,1-3,5-8,10-11H2,(H,21,22)/t16-/m1/s1. The van der Waals surface area contributed by atoms with Gasteiger partial charge >= 0.3 is 0 Å². The summed E-state index contributed by atoms with van der Waals surface area (Å²) in [4.78, 5) is 15.6. The van der Waals surface area contributed by atoms with E-state index in [1.165, 1.54) is 29.7 Å². The molecule has 6 heteroatoms. The predicted molar refractivity (Wildman–Crippen MR) is 97.7 cm³/mol. The Morgan fingerprint density at radius 1 is 1.36 bits per heavy atom.